The molecular formula is C22H32ClNO3. The van der Waals surface area contributed by atoms with E-state index in [2.05, 4.69) is 45.1 Å². The lowest BCUT2D eigenvalue weighted by Gasteiger charge is -2.45. The molecule has 5 heteroatoms. The number of rotatable bonds is 4. The third-order valence-corrected chi connectivity index (χ3v) is 6.11. The van der Waals surface area contributed by atoms with E-state index >= 15 is 0 Å². The van der Waals surface area contributed by atoms with Crippen LogP contribution in [0, 0.1) is 0 Å². The molecular weight excluding hydrogens is 362 g/mol. The van der Waals surface area contributed by atoms with Gasteiger partial charge in [-0.25, -0.2) is 0 Å². The Hall–Kier alpha value is -1.10. The van der Waals surface area contributed by atoms with Crippen LogP contribution in [0.1, 0.15) is 65.4 Å². The Morgan fingerprint density at radius 3 is 2.41 bits per heavy atom. The normalized spacial score (nSPS) is 29.9. The number of halogens is 1. The zero-order chi connectivity index (χ0) is 19.7. The first-order valence-corrected chi connectivity index (χ1v) is 10.3. The number of carbonyl (C=O) groups is 1. The second kappa shape index (κ2) is 7.73. The number of ether oxygens (including phenoxy) is 2. The Bertz CT molecular complexity index is 671. The summed E-state index contributed by atoms with van der Waals surface area (Å²) in [6, 6.07) is 8.14. The van der Waals surface area contributed by atoms with E-state index in [-0.39, 0.29) is 28.6 Å². The summed E-state index contributed by atoms with van der Waals surface area (Å²) in [5, 5.41) is 3.99. The zero-order valence-electron chi connectivity index (χ0n) is 16.9. The van der Waals surface area contributed by atoms with Crippen LogP contribution in [0.3, 0.4) is 0 Å². The van der Waals surface area contributed by atoms with Crippen LogP contribution in [-0.2, 0) is 19.7 Å². The van der Waals surface area contributed by atoms with Gasteiger partial charge in [-0.05, 0) is 71.1 Å². The van der Waals surface area contributed by atoms with Crippen LogP contribution in [-0.4, -0.2) is 36.4 Å². The van der Waals surface area contributed by atoms with Crippen molar-refractivity contribution in [2.24, 2.45) is 0 Å². The number of benzene rings is 1. The van der Waals surface area contributed by atoms with Crippen LogP contribution in [0.4, 0.5) is 0 Å². The predicted molar refractivity (Wildman–Crippen MR) is 108 cm³/mol. The zero-order valence-corrected chi connectivity index (χ0v) is 17.7. The molecule has 3 rings (SSSR count). The van der Waals surface area contributed by atoms with Crippen LogP contribution in [0.5, 0.6) is 0 Å². The Morgan fingerprint density at radius 1 is 1.11 bits per heavy atom. The van der Waals surface area contributed by atoms with Crippen molar-refractivity contribution in [3.8, 4) is 0 Å². The molecule has 0 aromatic heterocycles. The van der Waals surface area contributed by atoms with Crippen LogP contribution in [0.2, 0.25) is 5.02 Å². The highest BCUT2D eigenvalue weighted by Crippen LogP contribution is 2.44. The summed E-state index contributed by atoms with van der Waals surface area (Å²) in [4.78, 5) is 13.0. The molecule has 0 spiro atoms. The molecule has 1 aromatic rings. The molecule has 2 aliphatic heterocycles. The van der Waals surface area contributed by atoms with Gasteiger partial charge in [0.15, 0.2) is 0 Å². The van der Waals surface area contributed by atoms with Crippen molar-refractivity contribution in [2.75, 3.05) is 13.2 Å². The lowest BCUT2D eigenvalue weighted by molar-refractivity contribution is -0.129. The second-order valence-electron chi connectivity index (χ2n) is 9.36. The lowest BCUT2D eigenvalue weighted by atomic mass is 9.67. The molecule has 0 bridgehead atoms. The molecule has 1 N–H and O–H groups in total. The minimum Gasteiger partial charge on any atom is -0.376 e. The third-order valence-electron chi connectivity index (χ3n) is 5.86. The van der Waals surface area contributed by atoms with E-state index in [1.807, 2.05) is 12.1 Å². The molecule has 27 heavy (non-hydrogen) atoms. The van der Waals surface area contributed by atoms with Gasteiger partial charge in [-0.2, -0.15) is 0 Å². The lowest BCUT2D eigenvalue weighted by Crippen LogP contribution is -2.50. The van der Waals surface area contributed by atoms with E-state index in [1.165, 1.54) is 5.56 Å². The molecule has 0 radical (unpaired) electrons. The van der Waals surface area contributed by atoms with E-state index in [9.17, 15) is 4.79 Å². The quantitative estimate of drug-likeness (QED) is 0.811. The maximum atomic E-state index is 13.0. The first-order chi connectivity index (χ1) is 12.6. The van der Waals surface area contributed by atoms with E-state index < -0.39 is 0 Å². The summed E-state index contributed by atoms with van der Waals surface area (Å²) >= 11 is 6.10. The summed E-state index contributed by atoms with van der Waals surface area (Å²) in [5.41, 5.74) is 0.520. The summed E-state index contributed by atoms with van der Waals surface area (Å²) in [6.07, 6.45) is 3.84. The first-order valence-electron chi connectivity index (χ1n) is 9.93. The Balaban J connectivity index is 1.77. The maximum absolute atomic E-state index is 13.0. The topological polar surface area (TPSA) is 47.6 Å². The van der Waals surface area contributed by atoms with Crippen molar-refractivity contribution in [3.63, 3.8) is 0 Å². The van der Waals surface area contributed by atoms with Crippen molar-refractivity contribution in [1.82, 2.24) is 5.32 Å². The fourth-order valence-corrected chi connectivity index (χ4v) is 4.85. The fourth-order valence-electron chi connectivity index (χ4n) is 4.72. The molecule has 2 aliphatic rings. The summed E-state index contributed by atoms with van der Waals surface area (Å²) in [7, 11) is 0. The van der Waals surface area contributed by atoms with E-state index in [1.54, 1.807) is 0 Å². The molecule has 1 amide bonds. The van der Waals surface area contributed by atoms with Gasteiger partial charge in [0.25, 0.3) is 0 Å². The molecule has 0 unspecified atom stereocenters. The van der Waals surface area contributed by atoms with Crippen LogP contribution >= 0.6 is 11.6 Å². The van der Waals surface area contributed by atoms with Gasteiger partial charge in [-0.15, -0.1) is 0 Å². The van der Waals surface area contributed by atoms with Gasteiger partial charge in [-0.3, -0.25) is 4.79 Å². The van der Waals surface area contributed by atoms with Gasteiger partial charge in [0, 0.05) is 36.1 Å². The number of nitrogens with one attached hydrogen (secondary N) is 1. The fraction of sp³-hybridized carbons (Fsp3) is 0.682. The van der Waals surface area contributed by atoms with Crippen molar-refractivity contribution < 1.29 is 14.3 Å². The van der Waals surface area contributed by atoms with Gasteiger partial charge in [0.05, 0.1) is 11.2 Å². The summed E-state index contributed by atoms with van der Waals surface area (Å²) in [5.74, 6) is 0.116. The maximum Gasteiger partial charge on any atom is 0.221 e. The molecule has 1 aromatic carbocycles. The largest absolute Gasteiger partial charge is 0.376 e. The number of hydrogen-bond acceptors (Lipinski definition) is 3. The highest BCUT2D eigenvalue weighted by atomic mass is 35.5. The SMILES string of the molecule is CC1(C)C[C@@H](NC(=O)C[C@]2(c3ccc(Cl)cc3)CCOC(C)(C)C2)CCO1. The van der Waals surface area contributed by atoms with Gasteiger partial charge in [0.1, 0.15) is 0 Å². The molecule has 2 heterocycles. The van der Waals surface area contributed by atoms with Gasteiger partial charge < -0.3 is 14.8 Å². The minimum atomic E-state index is -0.251. The van der Waals surface area contributed by atoms with Crippen molar-refractivity contribution in [2.45, 2.75) is 82.5 Å². The van der Waals surface area contributed by atoms with Crippen LogP contribution in [0.25, 0.3) is 0 Å². The van der Waals surface area contributed by atoms with Crippen molar-refractivity contribution in [1.29, 1.82) is 0 Å². The molecule has 150 valence electrons. The minimum absolute atomic E-state index is 0.116. The van der Waals surface area contributed by atoms with E-state index in [0.717, 1.165) is 25.7 Å². The number of hydrogen-bond donors (Lipinski definition) is 1. The Morgan fingerprint density at radius 2 is 1.78 bits per heavy atom. The highest BCUT2D eigenvalue weighted by Gasteiger charge is 2.44. The second-order valence-corrected chi connectivity index (χ2v) is 9.80. The van der Waals surface area contributed by atoms with Crippen molar-refractivity contribution in [3.05, 3.63) is 34.9 Å². The molecule has 2 saturated heterocycles. The summed E-state index contributed by atoms with van der Waals surface area (Å²) < 4.78 is 11.7. The molecule has 4 nitrogen and oxygen atoms in total. The van der Waals surface area contributed by atoms with Crippen molar-refractivity contribution >= 4 is 17.5 Å². The number of amides is 1. The molecule has 2 fully saturated rings. The number of carbonyl (C=O) groups excluding carboxylic acids is 1. The standard InChI is InChI=1S/C22H32ClNO3/c1-20(2)13-18(9-11-26-20)24-19(25)14-22(10-12-27-21(3,4)15-22)16-5-7-17(23)8-6-16/h5-8,18H,9-15H2,1-4H3,(H,24,25)/t18-,22+/m0/s1. The predicted octanol–water partition coefficient (Wildman–Crippen LogP) is 4.63. The Kier molecular flexibility index (Phi) is 5.90. The van der Waals surface area contributed by atoms with Gasteiger partial charge >= 0.3 is 0 Å². The van der Waals surface area contributed by atoms with E-state index in [0.29, 0.717) is 24.7 Å². The van der Waals surface area contributed by atoms with E-state index in [4.69, 9.17) is 21.1 Å². The van der Waals surface area contributed by atoms with Crippen LogP contribution in [0.15, 0.2) is 24.3 Å². The third kappa shape index (κ3) is 5.24. The average molecular weight is 394 g/mol. The Labute approximate surface area is 168 Å². The molecule has 2 atom stereocenters. The first kappa shape index (κ1) is 20.6. The highest BCUT2D eigenvalue weighted by molar-refractivity contribution is 6.30. The van der Waals surface area contributed by atoms with Gasteiger partial charge in [0.2, 0.25) is 5.91 Å². The smallest absolute Gasteiger partial charge is 0.221 e. The summed E-state index contributed by atoms with van der Waals surface area (Å²) in [6.45, 7) is 9.74. The van der Waals surface area contributed by atoms with Gasteiger partial charge in [-0.1, -0.05) is 23.7 Å². The average Bonchev–Trinajstić information content (AvgIpc) is 2.53. The molecule has 0 saturated carbocycles. The van der Waals surface area contributed by atoms with Crippen LogP contribution < -0.4 is 5.32 Å². The monoisotopic (exact) mass is 393 g/mol. The molecule has 0 aliphatic carbocycles.